The van der Waals surface area contributed by atoms with Crippen LogP contribution >= 0.6 is 10.1 Å². The number of hydrogen-bond acceptors (Lipinski definition) is 2. The second-order valence-corrected chi connectivity index (χ2v) is 14.3. The van der Waals surface area contributed by atoms with Crippen molar-refractivity contribution in [3.8, 4) is 0 Å². The quantitative estimate of drug-likeness (QED) is 0.128. The molecule has 1 aliphatic heterocycles. The number of rotatable bonds is 10. The fourth-order valence-corrected chi connectivity index (χ4v) is 7.80. The van der Waals surface area contributed by atoms with E-state index >= 15 is 0 Å². The second kappa shape index (κ2) is 17.5. The third-order valence-electron chi connectivity index (χ3n) is 10.8. The summed E-state index contributed by atoms with van der Waals surface area (Å²) in [5.41, 5.74) is 15.4. The van der Waals surface area contributed by atoms with Crippen molar-refractivity contribution in [2.75, 3.05) is 9.80 Å². The number of benzene rings is 6. The van der Waals surface area contributed by atoms with E-state index < -0.39 is 0 Å². The van der Waals surface area contributed by atoms with Crippen LogP contribution in [0.25, 0.3) is 0 Å². The number of hydrogen-bond donors (Lipinski definition) is 0. The third-order valence-corrected chi connectivity index (χ3v) is 10.8. The second-order valence-electron chi connectivity index (χ2n) is 14.3. The molecule has 4 heteroatoms. The molecule has 0 bridgehead atoms. The first kappa shape index (κ1) is 38.2. The standard InChI is InChI=1S/C49H48N2.ClH.Cu/c1-34-29-44(36(3)40-19-11-7-12-20-40)48(45(30-34)37(4)41-21-13-8-14-22-41)50-27-28-51(33-50)49-46(38(5)42-23-15-9-16-24-42)31-35(2)32-47(49)39(6)43-25-17-10-18-26-43;;/h7-32,36-39H,1-6H3;1H;/q;;+1/p-1/t36-,37-,38-,39-;;/m1../s1. The minimum absolute atomic E-state index is 0.189. The molecule has 2 radical (unpaired) electrons. The van der Waals surface area contributed by atoms with Gasteiger partial charge in [0.05, 0.1) is 11.4 Å². The molecule has 272 valence electrons. The van der Waals surface area contributed by atoms with E-state index in [1.54, 1.807) is 0 Å². The average Bonchev–Trinajstić information content (AvgIpc) is 3.70. The SMILES string of the molecule is Cc1cc([C@H](C)c2ccccc2)c(N2[C]N(c3c([C@H](C)c4ccccc4)cc(C)cc3[C@H](C)c3ccccc3)C=C2)c([C@H](C)c2ccccc2)c1.[Cl][Cu]. The Labute approximate surface area is 330 Å². The maximum atomic E-state index is 4.20. The van der Waals surface area contributed by atoms with Gasteiger partial charge >= 0.3 is 25.2 Å². The summed E-state index contributed by atoms with van der Waals surface area (Å²) in [6, 6.07) is 53.1. The van der Waals surface area contributed by atoms with Gasteiger partial charge in [-0.2, -0.15) is 0 Å². The van der Waals surface area contributed by atoms with Crippen LogP contribution in [0.4, 0.5) is 11.4 Å². The normalized spacial score (nSPS) is 14.7. The summed E-state index contributed by atoms with van der Waals surface area (Å²) in [6.45, 7) is 17.7. The molecule has 6 aromatic rings. The Kier molecular flexibility index (Phi) is 12.6. The van der Waals surface area contributed by atoms with Crippen molar-refractivity contribution >= 4 is 21.5 Å². The Morgan fingerprint density at radius 2 is 0.642 bits per heavy atom. The molecule has 0 aliphatic carbocycles. The fraction of sp³-hybridized carbons (Fsp3) is 0.204. The van der Waals surface area contributed by atoms with Gasteiger partial charge < -0.3 is 9.80 Å². The number of anilines is 2. The molecule has 0 aromatic heterocycles. The van der Waals surface area contributed by atoms with Crippen molar-refractivity contribution in [2.45, 2.75) is 65.2 Å². The van der Waals surface area contributed by atoms with E-state index in [4.69, 9.17) is 0 Å². The maximum absolute atomic E-state index is 4.20. The molecule has 0 saturated heterocycles. The van der Waals surface area contributed by atoms with Gasteiger partial charge in [0.1, 0.15) is 0 Å². The van der Waals surface area contributed by atoms with Crippen molar-refractivity contribution < 1.29 is 15.1 Å². The van der Waals surface area contributed by atoms with Gasteiger partial charge in [-0.1, -0.05) is 184 Å². The summed E-state index contributed by atoms with van der Waals surface area (Å²) in [7, 11) is 4.20. The van der Waals surface area contributed by atoms with E-state index in [2.05, 4.69) is 241 Å². The molecule has 0 amide bonds. The van der Waals surface area contributed by atoms with Crippen LogP contribution in [0.1, 0.15) is 107 Å². The van der Waals surface area contributed by atoms with Crippen LogP contribution in [-0.4, -0.2) is 0 Å². The molecule has 2 nitrogen and oxygen atoms in total. The summed E-state index contributed by atoms with van der Waals surface area (Å²) < 4.78 is 0. The van der Waals surface area contributed by atoms with Gasteiger partial charge in [-0.05, 0) is 58.4 Å². The number of nitrogens with zero attached hydrogens (tertiary/aromatic N) is 2. The van der Waals surface area contributed by atoms with E-state index in [1.807, 2.05) is 0 Å². The van der Waals surface area contributed by atoms with Gasteiger partial charge in [0.25, 0.3) is 0 Å². The predicted molar refractivity (Wildman–Crippen MR) is 221 cm³/mol. The summed E-state index contributed by atoms with van der Waals surface area (Å²) >= 11 is 3.66. The van der Waals surface area contributed by atoms with Crippen LogP contribution in [0.15, 0.2) is 158 Å². The topological polar surface area (TPSA) is 6.48 Å². The minimum atomic E-state index is 0.189. The van der Waals surface area contributed by atoms with Gasteiger partial charge in [-0.15, -0.1) is 0 Å². The molecule has 1 aliphatic rings. The molecule has 4 atom stereocenters. The Morgan fingerprint density at radius 3 is 0.868 bits per heavy atom. The van der Waals surface area contributed by atoms with Crippen molar-refractivity contribution in [1.82, 2.24) is 0 Å². The molecule has 0 unspecified atom stereocenters. The zero-order valence-electron chi connectivity index (χ0n) is 31.4. The van der Waals surface area contributed by atoms with Crippen molar-refractivity contribution in [2.24, 2.45) is 0 Å². The van der Waals surface area contributed by atoms with E-state index in [9.17, 15) is 0 Å². The first-order valence-electron chi connectivity index (χ1n) is 18.4. The first-order chi connectivity index (χ1) is 25.8. The molecular weight excluding hydrogens is 716 g/mol. The Bertz CT molecular complexity index is 1830. The zero-order valence-corrected chi connectivity index (χ0v) is 33.1. The van der Waals surface area contributed by atoms with Crippen LogP contribution in [0, 0.1) is 20.5 Å². The van der Waals surface area contributed by atoms with E-state index in [0.717, 1.165) is 0 Å². The summed E-state index contributed by atoms with van der Waals surface area (Å²) in [6.07, 6.45) is 4.42. The molecular formula is C49H48ClCuN2. The number of halogens is 1. The fourth-order valence-electron chi connectivity index (χ4n) is 7.80. The van der Waals surface area contributed by atoms with E-state index in [1.165, 1.54) is 67.0 Å². The van der Waals surface area contributed by atoms with Gasteiger partial charge in [0.15, 0.2) is 0 Å². The van der Waals surface area contributed by atoms with Crippen LogP contribution < -0.4 is 9.80 Å². The van der Waals surface area contributed by atoms with Crippen molar-refractivity contribution in [1.29, 1.82) is 0 Å². The molecule has 6 aromatic carbocycles. The molecule has 1 heterocycles. The average molecular weight is 764 g/mol. The van der Waals surface area contributed by atoms with Gasteiger partial charge in [-0.25, -0.2) is 0 Å². The molecule has 0 saturated carbocycles. The van der Waals surface area contributed by atoms with Crippen molar-refractivity contribution in [3.63, 3.8) is 0 Å². The summed E-state index contributed by atoms with van der Waals surface area (Å²) in [5.74, 6) is 0.755. The zero-order chi connectivity index (χ0) is 37.5. The predicted octanol–water partition coefficient (Wildman–Crippen LogP) is 13.4. The van der Waals surface area contributed by atoms with Crippen LogP contribution in [0.3, 0.4) is 0 Å². The molecule has 0 fully saturated rings. The third kappa shape index (κ3) is 8.34. The number of aryl methyl sites for hydroxylation is 2. The van der Waals surface area contributed by atoms with E-state index in [0.29, 0.717) is 0 Å². The molecule has 0 spiro atoms. The molecule has 7 rings (SSSR count). The van der Waals surface area contributed by atoms with Gasteiger partial charge in [-0.3, -0.25) is 0 Å². The van der Waals surface area contributed by atoms with E-state index in [-0.39, 0.29) is 23.7 Å². The van der Waals surface area contributed by atoms with Crippen LogP contribution in [-0.2, 0) is 15.1 Å². The Hall–Kier alpha value is -4.53. The van der Waals surface area contributed by atoms with Gasteiger partial charge in [0, 0.05) is 36.1 Å². The van der Waals surface area contributed by atoms with Crippen molar-refractivity contribution in [3.05, 3.63) is 220 Å². The summed E-state index contributed by atoms with van der Waals surface area (Å²) in [4.78, 5) is 4.52. The monoisotopic (exact) mass is 762 g/mol. The molecule has 0 N–H and O–H groups in total. The van der Waals surface area contributed by atoms with Crippen LogP contribution in [0.5, 0.6) is 0 Å². The summed E-state index contributed by atoms with van der Waals surface area (Å²) in [5, 5.41) is 0. The van der Waals surface area contributed by atoms with Crippen LogP contribution in [0.2, 0.25) is 0 Å². The first-order valence-corrected chi connectivity index (χ1v) is 19.7. The molecule has 53 heavy (non-hydrogen) atoms. The Morgan fingerprint density at radius 1 is 0.415 bits per heavy atom. The van der Waals surface area contributed by atoms with Gasteiger partial charge in [0.2, 0.25) is 6.67 Å². The Balaban J connectivity index is 0.00000236.